The molecule has 1 amide bonds. The van der Waals surface area contributed by atoms with E-state index in [1.54, 1.807) is 42.5 Å². The number of rotatable bonds is 5. The molecule has 0 bridgehead atoms. The molecule has 0 aliphatic carbocycles. The van der Waals surface area contributed by atoms with Crippen molar-refractivity contribution in [1.82, 2.24) is 5.32 Å². The van der Waals surface area contributed by atoms with Crippen LogP contribution in [0.1, 0.15) is 15.9 Å². The first-order valence-electron chi connectivity index (χ1n) is 6.49. The number of benzene rings is 2. The molecule has 0 atom stereocenters. The van der Waals surface area contributed by atoms with Gasteiger partial charge in [-0.1, -0.05) is 41.9 Å². The van der Waals surface area contributed by atoms with Gasteiger partial charge in [0.15, 0.2) is 0 Å². The molecular weight excluding hydrogens is 370 g/mol. The molecule has 0 saturated heterocycles. The number of hydrogen-bond acceptors (Lipinski definition) is 3. The van der Waals surface area contributed by atoms with Gasteiger partial charge in [0.2, 0.25) is 0 Å². The molecule has 0 radical (unpaired) electrons. The Morgan fingerprint density at radius 3 is 2.50 bits per heavy atom. The summed E-state index contributed by atoms with van der Waals surface area (Å²) in [6, 6.07) is 14.1. The van der Waals surface area contributed by atoms with E-state index in [0.717, 1.165) is 5.56 Å². The lowest BCUT2D eigenvalue weighted by atomic mass is 10.2. The molecule has 2 aromatic rings. The monoisotopic (exact) mass is 381 g/mol. The maximum absolute atomic E-state index is 11.9. The Kier molecular flexibility index (Phi) is 5.98. The van der Waals surface area contributed by atoms with Gasteiger partial charge in [-0.05, 0) is 34.1 Å². The molecule has 0 aliphatic heterocycles. The highest BCUT2D eigenvalue weighted by molar-refractivity contribution is 9.10. The summed E-state index contributed by atoms with van der Waals surface area (Å²) in [6.07, 6.45) is 0. The molecule has 0 saturated carbocycles. The van der Waals surface area contributed by atoms with Crippen LogP contribution in [0.5, 0.6) is 0 Å². The highest BCUT2D eigenvalue weighted by atomic mass is 79.9. The van der Waals surface area contributed by atoms with Crippen LogP contribution >= 0.6 is 27.5 Å². The van der Waals surface area contributed by atoms with Gasteiger partial charge in [0.1, 0.15) is 13.2 Å². The summed E-state index contributed by atoms with van der Waals surface area (Å²) in [5.41, 5.74) is 1.18. The van der Waals surface area contributed by atoms with Crippen molar-refractivity contribution < 1.29 is 14.3 Å². The van der Waals surface area contributed by atoms with E-state index in [0.29, 0.717) is 15.1 Å². The summed E-state index contributed by atoms with van der Waals surface area (Å²) in [6.45, 7) is -0.131. The van der Waals surface area contributed by atoms with Crippen LogP contribution in [0.15, 0.2) is 53.0 Å². The quantitative estimate of drug-likeness (QED) is 0.804. The number of hydrogen-bond donors (Lipinski definition) is 1. The number of halogens is 2. The zero-order chi connectivity index (χ0) is 15.9. The van der Waals surface area contributed by atoms with Crippen molar-refractivity contribution in [3.63, 3.8) is 0 Å². The fourth-order valence-electron chi connectivity index (χ4n) is 1.72. The molecule has 0 aliphatic rings. The molecule has 0 aromatic heterocycles. The van der Waals surface area contributed by atoms with Gasteiger partial charge in [0.25, 0.3) is 5.91 Å². The van der Waals surface area contributed by atoms with Crippen molar-refractivity contribution in [3.8, 4) is 0 Å². The normalized spacial score (nSPS) is 10.1. The Morgan fingerprint density at radius 2 is 1.77 bits per heavy atom. The van der Waals surface area contributed by atoms with Crippen LogP contribution in [0.25, 0.3) is 0 Å². The molecule has 0 heterocycles. The maximum Gasteiger partial charge on any atom is 0.325 e. The van der Waals surface area contributed by atoms with E-state index in [4.69, 9.17) is 16.3 Å². The molecule has 1 N–H and O–H groups in total. The molecule has 6 heteroatoms. The molecular formula is C16H13BrClNO3. The Bertz CT molecular complexity index is 691. The van der Waals surface area contributed by atoms with Crippen LogP contribution in [0.4, 0.5) is 0 Å². The van der Waals surface area contributed by atoms with Gasteiger partial charge in [-0.15, -0.1) is 0 Å². The number of carbonyl (C=O) groups is 2. The van der Waals surface area contributed by atoms with Crippen LogP contribution in [0.2, 0.25) is 5.02 Å². The Morgan fingerprint density at radius 1 is 1.09 bits per heavy atom. The average molecular weight is 383 g/mol. The molecule has 22 heavy (non-hydrogen) atoms. The molecule has 0 fully saturated rings. The lowest BCUT2D eigenvalue weighted by Crippen LogP contribution is -2.30. The number of esters is 1. The molecule has 2 aromatic carbocycles. The van der Waals surface area contributed by atoms with Gasteiger partial charge < -0.3 is 10.1 Å². The minimum Gasteiger partial charge on any atom is -0.459 e. The zero-order valence-corrected chi connectivity index (χ0v) is 13.9. The zero-order valence-electron chi connectivity index (χ0n) is 11.5. The molecule has 2 rings (SSSR count). The fourth-order valence-corrected chi connectivity index (χ4v) is 2.37. The van der Waals surface area contributed by atoms with E-state index in [-0.39, 0.29) is 19.1 Å². The number of amides is 1. The van der Waals surface area contributed by atoms with Crippen molar-refractivity contribution in [1.29, 1.82) is 0 Å². The van der Waals surface area contributed by atoms with E-state index in [9.17, 15) is 9.59 Å². The number of ether oxygens (including phenoxy) is 1. The average Bonchev–Trinajstić information content (AvgIpc) is 2.52. The Balaban J connectivity index is 1.82. The van der Waals surface area contributed by atoms with E-state index in [2.05, 4.69) is 21.2 Å². The molecule has 114 valence electrons. The predicted octanol–water partition coefficient (Wildman–Crippen LogP) is 3.58. The molecule has 0 spiro atoms. The molecule has 0 unspecified atom stereocenters. The summed E-state index contributed by atoms with van der Waals surface area (Å²) >= 11 is 9.25. The SMILES string of the molecule is O=C(CNC(=O)c1ccccc1Br)OCc1ccccc1Cl. The highest BCUT2D eigenvalue weighted by Crippen LogP contribution is 2.16. The largest absolute Gasteiger partial charge is 0.459 e. The maximum atomic E-state index is 11.9. The van der Waals surface area contributed by atoms with Gasteiger partial charge in [-0.2, -0.15) is 0 Å². The highest BCUT2D eigenvalue weighted by Gasteiger charge is 2.11. The van der Waals surface area contributed by atoms with Gasteiger partial charge >= 0.3 is 5.97 Å². The van der Waals surface area contributed by atoms with Crippen LogP contribution in [-0.2, 0) is 16.1 Å². The molecule has 4 nitrogen and oxygen atoms in total. The van der Waals surface area contributed by atoms with Crippen molar-refractivity contribution in [2.24, 2.45) is 0 Å². The van der Waals surface area contributed by atoms with Crippen molar-refractivity contribution in [2.75, 3.05) is 6.54 Å². The third-order valence-electron chi connectivity index (χ3n) is 2.86. The summed E-state index contributed by atoms with van der Waals surface area (Å²) in [4.78, 5) is 23.6. The van der Waals surface area contributed by atoms with Gasteiger partial charge in [0, 0.05) is 15.1 Å². The van der Waals surface area contributed by atoms with Gasteiger partial charge in [-0.3, -0.25) is 9.59 Å². The standard InChI is InChI=1S/C16H13BrClNO3/c17-13-7-3-2-6-12(13)16(21)19-9-15(20)22-10-11-5-1-4-8-14(11)18/h1-8H,9-10H2,(H,19,21). The minimum absolute atomic E-state index is 0.0728. The van der Waals surface area contributed by atoms with E-state index < -0.39 is 5.97 Å². The first kappa shape index (κ1) is 16.5. The predicted molar refractivity (Wildman–Crippen MR) is 87.7 cm³/mol. The van der Waals surface area contributed by atoms with Crippen molar-refractivity contribution in [2.45, 2.75) is 6.61 Å². The number of carbonyl (C=O) groups excluding carboxylic acids is 2. The summed E-state index contributed by atoms with van der Waals surface area (Å²) in [7, 11) is 0. The second-order valence-electron chi connectivity index (χ2n) is 4.41. The van der Waals surface area contributed by atoms with E-state index in [1.165, 1.54) is 0 Å². The number of nitrogens with one attached hydrogen (secondary N) is 1. The van der Waals surface area contributed by atoms with Crippen LogP contribution in [0.3, 0.4) is 0 Å². The van der Waals surface area contributed by atoms with Gasteiger partial charge in [0.05, 0.1) is 5.56 Å². The first-order valence-corrected chi connectivity index (χ1v) is 7.67. The van der Waals surface area contributed by atoms with Crippen molar-refractivity contribution >= 4 is 39.4 Å². The summed E-state index contributed by atoms with van der Waals surface area (Å²) in [5.74, 6) is -0.873. The summed E-state index contributed by atoms with van der Waals surface area (Å²) < 4.78 is 5.74. The second-order valence-corrected chi connectivity index (χ2v) is 5.68. The topological polar surface area (TPSA) is 55.4 Å². The summed E-state index contributed by atoms with van der Waals surface area (Å²) in [5, 5.41) is 3.05. The Labute approximate surface area is 141 Å². The smallest absolute Gasteiger partial charge is 0.325 e. The van der Waals surface area contributed by atoms with E-state index in [1.807, 2.05) is 6.07 Å². The minimum atomic E-state index is -0.527. The second kappa shape index (κ2) is 7.96. The van der Waals surface area contributed by atoms with Crippen LogP contribution in [-0.4, -0.2) is 18.4 Å². The van der Waals surface area contributed by atoms with E-state index >= 15 is 0 Å². The lowest BCUT2D eigenvalue weighted by molar-refractivity contribution is -0.143. The van der Waals surface area contributed by atoms with Gasteiger partial charge in [-0.25, -0.2) is 0 Å². The first-order chi connectivity index (χ1) is 10.6. The van der Waals surface area contributed by atoms with Crippen molar-refractivity contribution in [3.05, 3.63) is 69.2 Å². The lowest BCUT2D eigenvalue weighted by Gasteiger charge is -2.08. The fraction of sp³-hybridized carbons (Fsp3) is 0.125. The Hall–Kier alpha value is -1.85. The van der Waals surface area contributed by atoms with Crippen LogP contribution in [0, 0.1) is 0 Å². The third-order valence-corrected chi connectivity index (χ3v) is 3.92. The third kappa shape index (κ3) is 4.58. The van der Waals surface area contributed by atoms with Crippen LogP contribution < -0.4 is 5.32 Å².